The van der Waals surface area contributed by atoms with Crippen molar-refractivity contribution in [3.8, 4) is 0 Å². The minimum absolute atomic E-state index is 0.133. The molecule has 0 aromatic carbocycles. The van der Waals surface area contributed by atoms with Gasteiger partial charge in [-0.3, -0.25) is 9.78 Å². The summed E-state index contributed by atoms with van der Waals surface area (Å²) in [7, 11) is 0. The summed E-state index contributed by atoms with van der Waals surface area (Å²) in [5, 5.41) is 12.4. The van der Waals surface area contributed by atoms with E-state index in [2.05, 4.69) is 30.2 Å². The third-order valence-corrected chi connectivity index (χ3v) is 5.27. The van der Waals surface area contributed by atoms with Gasteiger partial charge >= 0.3 is 0 Å². The molecule has 26 heavy (non-hydrogen) atoms. The molecule has 134 valence electrons. The number of anilines is 2. The van der Waals surface area contributed by atoms with Crippen LogP contribution in [-0.4, -0.2) is 56.0 Å². The van der Waals surface area contributed by atoms with Crippen molar-refractivity contribution in [2.24, 2.45) is 11.8 Å². The number of halogens is 1. The molecule has 2 fully saturated rings. The molecule has 3 aromatic heterocycles. The molecule has 2 aliphatic rings. The first-order chi connectivity index (χ1) is 12.6. The molecule has 1 N–H and O–H groups in total. The van der Waals surface area contributed by atoms with Crippen molar-refractivity contribution in [2.75, 3.05) is 36.0 Å². The van der Waals surface area contributed by atoms with Gasteiger partial charge in [0.05, 0.1) is 5.69 Å². The number of nitrogens with one attached hydrogen (secondary N) is 1. The first-order valence-electron chi connectivity index (χ1n) is 8.52. The second-order valence-electron chi connectivity index (χ2n) is 6.94. The maximum atomic E-state index is 13.5. The van der Waals surface area contributed by atoms with E-state index in [1.165, 1.54) is 6.92 Å². The second-order valence-corrected chi connectivity index (χ2v) is 6.94. The maximum Gasteiger partial charge on any atom is 0.288 e. The standard InChI is InChI=1S/C16H17FN8O/c1-9-14(17)15(26)20-16(19-9)24-6-10-4-23(5-11(10)7-24)13-3-2-12-21-18-8-25(12)22-13/h2-3,8,10-11H,4-7H2,1H3,(H,19,20,26). The van der Waals surface area contributed by atoms with Gasteiger partial charge in [0.15, 0.2) is 5.65 Å². The van der Waals surface area contributed by atoms with Crippen molar-refractivity contribution in [2.45, 2.75) is 6.92 Å². The molecule has 0 saturated carbocycles. The highest BCUT2D eigenvalue weighted by molar-refractivity contribution is 5.47. The van der Waals surface area contributed by atoms with Gasteiger partial charge in [-0.15, -0.1) is 15.3 Å². The highest BCUT2D eigenvalue weighted by atomic mass is 19.1. The molecular weight excluding hydrogens is 339 g/mol. The summed E-state index contributed by atoms with van der Waals surface area (Å²) >= 11 is 0. The van der Waals surface area contributed by atoms with Crippen molar-refractivity contribution in [1.82, 2.24) is 29.8 Å². The molecule has 5 heterocycles. The first-order valence-corrected chi connectivity index (χ1v) is 8.52. The molecule has 0 bridgehead atoms. The summed E-state index contributed by atoms with van der Waals surface area (Å²) < 4.78 is 15.2. The topological polar surface area (TPSA) is 95.3 Å². The molecule has 0 amide bonds. The lowest BCUT2D eigenvalue weighted by Crippen LogP contribution is -2.32. The Morgan fingerprint density at radius 2 is 1.88 bits per heavy atom. The SMILES string of the molecule is Cc1nc(N2CC3CN(c4ccc5nncn5n4)CC3C2)[nH]c(=O)c1F. The minimum Gasteiger partial charge on any atom is -0.354 e. The summed E-state index contributed by atoms with van der Waals surface area (Å²) in [6.07, 6.45) is 1.59. The highest BCUT2D eigenvalue weighted by Gasteiger charge is 2.41. The van der Waals surface area contributed by atoms with Gasteiger partial charge in [0.1, 0.15) is 12.1 Å². The predicted molar refractivity (Wildman–Crippen MR) is 91.7 cm³/mol. The Bertz CT molecular complexity index is 1030. The van der Waals surface area contributed by atoms with Gasteiger partial charge in [-0.05, 0) is 19.1 Å². The van der Waals surface area contributed by atoms with Crippen LogP contribution in [-0.2, 0) is 0 Å². The number of aryl methyl sites for hydroxylation is 1. The lowest BCUT2D eigenvalue weighted by Gasteiger charge is -2.22. The monoisotopic (exact) mass is 356 g/mol. The molecule has 2 unspecified atom stereocenters. The fourth-order valence-corrected chi connectivity index (χ4v) is 3.95. The normalized spacial score (nSPS) is 22.4. The third-order valence-electron chi connectivity index (χ3n) is 5.27. The van der Waals surface area contributed by atoms with Crippen LogP contribution in [0.15, 0.2) is 23.3 Å². The van der Waals surface area contributed by atoms with Crippen LogP contribution in [0.3, 0.4) is 0 Å². The van der Waals surface area contributed by atoms with Gasteiger partial charge in [0, 0.05) is 38.0 Å². The fraction of sp³-hybridized carbons (Fsp3) is 0.438. The van der Waals surface area contributed by atoms with E-state index in [0.29, 0.717) is 17.8 Å². The Kier molecular flexibility index (Phi) is 3.21. The number of H-pyrrole nitrogens is 1. The highest BCUT2D eigenvalue weighted by Crippen LogP contribution is 2.34. The Morgan fingerprint density at radius 3 is 2.62 bits per heavy atom. The van der Waals surface area contributed by atoms with Gasteiger partial charge < -0.3 is 9.80 Å². The van der Waals surface area contributed by atoms with Crippen LogP contribution in [0.5, 0.6) is 0 Å². The van der Waals surface area contributed by atoms with Gasteiger partial charge in [0.25, 0.3) is 5.56 Å². The fourth-order valence-electron chi connectivity index (χ4n) is 3.95. The van der Waals surface area contributed by atoms with Crippen molar-refractivity contribution >= 4 is 17.4 Å². The van der Waals surface area contributed by atoms with Gasteiger partial charge in [0.2, 0.25) is 11.8 Å². The van der Waals surface area contributed by atoms with E-state index in [0.717, 1.165) is 37.6 Å². The summed E-state index contributed by atoms with van der Waals surface area (Å²) in [6, 6.07) is 3.87. The Balaban J connectivity index is 1.33. The molecule has 5 rings (SSSR count). The number of aromatic amines is 1. The first kappa shape index (κ1) is 15.2. The van der Waals surface area contributed by atoms with Gasteiger partial charge in [-0.25, -0.2) is 4.98 Å². The number of rotatable bonds is 2. The van der Waals surface area contributed by atoms with E-state index < -0.39 is 11.4 Å². The molecule has 3 aromatic rings. The van der Waals surface area contributed by atoms with Crippen LogP contribution in [0.1, 0.15) is 5.69 Å². The Morgan fingerprint density at radius 1 is 1.15 bits per heavy atom. The predicted octanol–water partition coefficient (Wildman–Crippen LogP) is 0.228. The Labute approximate surface area is 147 Å². The van der Waals surface area contributed by atoms with Gasteiger partial charge in [-0.2, -0.15) is 8.91 Å². The molecule has 0 aliphatic carbocycles. The largest absolute Gasteiger partial charge is 0.354 e. The number of hydrogen-bond donors (Lipinski definition) is 1. The zero-order chi connectivity index (χ0) is 17.8. The van der Waals surface area contributed by atoms with Crippen LogP contribution in [0.4, 0.5) is 16.2 Å². The number of aromatic nitrogens is 6. The Hall–Kier alpha value is -3.04. The second kappa shape index (κ2) is 5.48. The molecular formula is C16H17FN8O. The van der Waals surface area contributed by atoms with E-state index in [-0.39, 0.29) is 5.69 Å². The van der Waals surface area contributed by atoms with Crippen molar-refractivity contribution < 1.29 is 4.39 Å². The summed E-state index contributed by atoms with van der Waals surface area (Å²) in [5.41, 5.74) is 0.146. The molecule has 2 atom stereocenters. The zero-order valence-corrected chi connectivity index (χ0v) is 14.1. The van der Waals surface area contributed by atoms with Crippen molar-refractivity contribution in [3.05, 3.63) is 40.3 Å². The van der Waals surface area contributed by atoms with Crippen molar-refractivity contribution in [3.63, 3.8) is 0 Å². The number of fused-ring (bicyclic) bond motifs is 2. The summed E-state index contributed by atoms with van der Waals surface area (Å²) in [4.78, 5) is 22.7. The van der Waals surface area contributed by atoms with E-state index in [4.69, 9.17) is 0 Å². The van der Waals surface area contributed by atoms with E-state index in [1.54, 1.807) is 10.8 Å². The van der Waals surface area contributed by atoms with Crippen molar-refractivity contribution in [1.29, 1.82) is 0 Å². The minimum atomic E-state index is -0.810. The quantitative estimate of drug-likeness (QED) is 0.702. The lowest BCUT2D eigenvalue weighted by atomic mass is 10.0. The molecule has 0 radical (unpaired) electrons. The van der Waals surface area contributed by atoms with Gasteiger partial charge in [-0.1, -0.05) is 0 Å². The molecule has 10 heteroatoms. The molecule has 0 spiro atoms. The lowest BCUT2D eigenvalue weighted by molar-refractivity contribution is 0.533. The summed E-state index contributed by atoms with van der Waals surface area (Å²) in [6.45, 7) is 4.84. The average molecular weight is 356 g/mol. The van der Waals surface area contributed by atoms with Crippen LogP contribution in [0, 0.1) is 24.6 Å². The van der Waals surface area contributed by atoms with E-state index >= 15 is 0 Å². The average Bonchev–Trinajstić information content (AvgIpc) is 3.32. The smallest absolute Gasteiger partial charge is 0.288 e. The van der Waals surface area contributed by atoms with Crippen LogP contribution in [0.2, 0.25) is 0 Å². The van der Waals surface area contributed by atoms with Crippen LogP contribution in [0.25, 0.3) is 5.65 Å². The molecule has 2 aliphatic heterocycles. The maximum absolute atomic E-state index is 13.5. The number of nitrogens with zero attached hydrogens (tertiary/aromatic N) is 7. The van der Waals surface area contributed by atoms with E-state index in [9.17, 15) is 9.18 Å². The van der Waals surface area contributed by atoms with Crippen LogP contribution >= 0.6 is 0 Å². The van der Waals surface area contributed by atoms with E-state index in [1.807, 2.05) is 17.0 Å². The number of hydrogen-bond acceptors (Lipinski definition) is 7. The van der Waals surface area contributed by atoms with Crippen LogP contribution < -0.4 is 15.4 Å². The molecule has 2 saturated heterocycles. The zero-order valence-electron chi connectivity index (χ0n) is 14.1. The third kappa shape index (κ3) is 2.32. The summed E-state index contributed by atoms with van der Waals surface area (Å²) in [5.74, 6) is 1.45. The molecule has 9 nitrogen and oxygen atoms in total.